The van der Waals surface area contributed by atoms with Crippen LogP contribution in [-0.2, 0) is 0 Å². The van der Waals surface area contributed by atoms with E-state index >= 15 is 0 Å². The van der Waals surface area contributed by atoms with Crippen molar-refractivity contribution >= 4 is 11.8 Å². The zero-order valence-corrected chi connectivity index (χ0v) is 12.1. The molecule has 0 saturated heterocycles. The second-order valence-corrected chi connectivity index (χ2v) is 7.95. The molecule has 1 atom stereocenters. The summed E-state index contributed by atoms with van der Waals surface area (Å²) in [6.45, 7) is 13.3. The van der Waals surface area contributed by atoms with Crippen LogP contribution in [0, 0.1) is 10.8 Å². The van der Waals surface area contributed by atoms with E-state index in [1.807, 2.05) is 11.8 Å². The van der Waals surface area contributed by atoms with Crippen LogP contribution < -0.4 is 0 Å². The molecule has 100 valence electrons. The van der Waals surface area contributed by atoms with E-state index in [-0.39, 0.29) is 18.9 Å². The Morgan fingerprint density at radius 2 is 1.50 bits per heavy atom. The molecule has 0 heterocycles. The van der Waals surface area contributed by atoms with E-state index in [0.29, 0.717) is 5.41 Å². The summed E-state index contributed by atoms with van der Waals surface area (Å²) < 4.78 is 0. The van der Waals surface area contributed by atoms with Gasteiger partial charge in [-0.1, -0.05) is 49.0 Å². The van der Waals surface area contributed by atoms with Gasteiger partial charge in [-0.2, -0.15) is 11.8 Å². The van der Waals surface area contributed by atoms with Crippen LogP contribution in [0.4, 0.5) is 0 Å². The largest absolute Gasteiger partial charge is 0.392 e. The first-order valence-electron chi connectivity index (χ1n) is 5.86. The lowest BCUT2D eigenvalue weighted by Crippen LogP contribution is -2.20. The minimum absolute atomic E-state index is 0. The van der Waals surface area contributed by atoms with Crippen molar-refractivity contribution in [3.8, 4) is 0 Å². The zero-order chi connectivity index (χ0) is 12.1. The summed E-state index contributed by atoms with van der Waals surface area (Å²) in [7, 11) is 0. The molecule has 0 aliphatic rings. The SMILES string of the molecule is C.CC(C)(C)CCSCC(O)CC(C)(C)C. The molecule has 0 aromatic rings. The molecular formula is C14H32OS. The first-order chi connectivity index (χ1) is 6.60. The van der Waals surface area contributed by atoms with Crippen molar-refractivity contribution in [1.82, 2.24) is 0 Å². The van der Waals surface area contributed by atoms with Crippen LogP contribution in [0.5, 0.6) is 0 Å². The van der Waals surface area contributed by atoms with Crippen molar-refractivity contribution < 1.29 is 5.11 Å². The maximum Gasteiger partial charge on any atom is 0.0635 e. The molecule has 0 aromatic heterocycles. The fourth-order valence-corrected chi connectivity index (χ4v) is 2.68. The normalized spacial score (nSPS) is 14.4. The highest BCUT2D eigenvalue weighted by atomic mass is 32.2. The van der Waals surface area contributed by atoms with Gasteiger partial charge in [-0.05, 0) is 29.4 Å². The van der Waals surface area contributed by atoms with Crippen molar-refractivity contribution in [3.05, 3.63) is 0 Å². The third-order valence-corrected chi connectivity index (χ3v) is 3.27. The van der Waals surface area contributed by atoms with E-state index in [0.717, 1.165) is 17.9 Å². The van der Waals surface area contributed by atoms with Crippen LogP contribution >= 0.6 is 11.8 Å². The van der Waals surface area contributed by atoms with Crippen molar-refractivity contribution in [1.29, 1.82) is 0 Å². The van der Waals surface area contributed by atoms with Crippen LogP contribution in [-0.4, -0.2) is 22.7 Å². The summed E-state index contributed by atoms with van der Waals surface area (Å²) in [5, 5.41) is 9.79. The molecule has 0 amide bonds. The Balaban J connectivity index is 0. The Kier molecular flexibility index (Phi) is 8.87. The molecule has 0 aliphatic carbocycles. The molecule has 0 aromatic carbocycles. The molecule has 16 heavy (non-hydrogen) atoms. The molecule has 1 N–H and O–H groups in total. The van der Waals surface area contributed by atoms with E-state index in [9.17, 15) is 5.11 Å². The number of thioether (sulfide) groups is 1. The van der Waals surface area contributed by atoms with Crippen LogP contribution in [0.25, 0.3) is 0 Å². The van der Waals surface area contributed by atoms with Gasteiger partial charge in [0.1, 0.15) is 0 Å². The van der Waals surface area contributed by atoms with Gasteiger partial charge >= 0.3 is 0 Å². The Bertz CT molecular complexity index is 165. The highest BCUT2D eigenvalue weighted by molar-refractivity contribution is 7.99. The molecule has 0 spiro atoms. The van der Waals surface area contributed by atoms with Gasteiger partial charge in [0, 0.05) is 5.75 Å². The van der Waals surface area contributed by atoms with Crippen LogP contribution in [0.3, 0.4) is 0 Å². The fraction of sp³-hybridized carbons (Fsp3) is 1.00. The highest BCUT2D eigenvalue weighted by Crippen LogP contribution is 2.25. The lowest BCUT2D eigenvalue weighted by molar-refractivity contribution is 0.142. The average molecular weight is 248 g/mol. The number of aliphatic hydroxyl groups is 1. The lowest BCUT2D eigenvalue weighted by Gasteiger charge is -2.22. The Hall–Kier alpha value is 0.310. The molecule has 0 saturated carbocycles. The summed E-state index contributed by atoms with van der Waals surface area (Å²) >= 11 is 1.88. The van der Waals surface area contributed by atoms with E-state index in [2.05, 4.69) is 41.5 Å². The van der Waals surface area contributed by atoms with Crippen molar-refractivity contribution in [2.45, 2.75) is 67.9 Å². The molecule has 1 unspecified atom stereocenters. The Morgan fingerprint density at radius 3 is 1.88 bits per heavy atom. The molecule has 1 nitrogen and oxygen atoms in total. The maximum atomic E-state index is 9.79. The summed E-state index contributed by atoms with van der Waals surface area (Å²) in [6.07, 6.45) is 1.98. The maximum absolute atomic E-state index is 9.79. The van der Waals surface area contributed by atoms with Gasteiger partial charge < -0.3 is 5.11 Å². The third kappa shape index (κ3) is 14.3. The van der Waals surface area contributed by atoms with Gasteiger partial charge in [-0.15, -0.1) is 0 Å². The van der Waals surface area contributed by atoms with E-state index in [1.165, 1.54) is 6.42 Å². The Labute approximate surface area is 107 Å². The fourth-order valence-electron chi connectivity index (χ4n) is 1.36. The smallest absolute Gasteiger partial charge is 0.0635 e. The number of hydrogen-bond donors (Lipinski definition) is 1. The van der Waals surface area contributed by atoms with Crippen LogP contribution in [0.1, 0.15) is 61.8 Å². The molecule has 2 heteroatoms. The van der Waals surface area contributed by atoms with Gasteiger partial charge in [0.25, 0.3) is 0 Å². The first-order valence-corrected chi connectivity index (χ1v) is 7.01. The van der Waals surface area contributed by atoms with Crippen molar-refractivity contribution in [3.63, 3.8) is 0 Å². The predicted molar refractivity (Wildman–Crippen MR) is 78.2 cm³/mol. The van der Waals surface area contributed by atoms with Gasteiger partial charge in [0.15, 0.2) is 0 Å². The molecule has 0 aliphatic heterocycles. The minimum Gasteiger partial charge on any atom is -0.392 e. The van der Waals surface area contributed by atoms with Gasteiger partial charge in [0.2, 0.25) is 0 Å². The predicted octanol–water partition coefficient (Wildman–Crippen LogP) is 4.59. The lowest BCUT2D eigenvalue weighted by atomic mass is 9.90. The second-order valence-electron chi connectivity index (χ2n) is 6.80. The molecule has 0 fully saturated rings. The van der Waals surface area contributed by atoms with Gasteiger partial charge in [-0.3, -0.25) is 0 Å². The Morgan fingerprint density at radius 1 is 1.00 bits per heavy atom. The first kappa shape index (κ1) is 18.7. The van der Waals surface area contributed by atoms with Gasteiger partial charge in [0.05, 0.1) is 6.10 Å². The van der Waals surface area contributed by atoms with Gasteiger partial charge in [-0.25, -0.2) is 0 Å². The van der Waals surface area contributed by atoms with Crippen LogP contribution in [0.2, 0.25) is 0 Å². The molecular weight excluding hydrogens is 216 g/mol. The van der Waals surface area contributed by atoms with Crippen molar-refractivity contribution in [2.24, 2.45) is 10.8 Å². The number of aliphatic hydroxyl groups excluding tert-OH is 1. The molecule has 0 radical (unpaired) electrons. The van der Waals surface area contributed by atoms with Crippen LogP contribution in [0.15, 0.2) is 0 Å². The highest BCUT2D eigenvalue weighted by Gasteiger charge is 2.17. The summed E-state index contributed by atoms with van der Waals surface area (Å²) in [6, 6.07) is 0. The topological polar surface area (TPSA) is 20.2 Å². The summed E-state index contributed by atoms with van der Waals surface area (Å²) in [5.41, 5.74) is 0.659. The third-order valence-electron chi connectivity index (χ3n) is 2.15. The van der Waals surface area contributed by atoms with E-state index < -0.39 is 0 Å². The quantitative estimate of drug-likeness (QED) is 0.718. The zero-order valence-electron chi connectivity index (χ0n) is 11.3. The molecule has 0 rings (SSSR count). The van der Waals surface area contributed by atoms with E-state index in [1.54, 1.807) is 0 Å². The van der Waals surface area contributed by atoms with Crippen molar-refractivity contribution in [2.75, 3.05) is 11.5 Å². The summed E-state index contributed by atoms with van der Waals surface area (Å²) in [4.78, 5) is 0. The standard InChI is InChI=1S/C13H28OS.CH4/c1-12(2,3)7-8-15-10-11(14)9-13(4,5)6;/h11,14H,7-10H2,1-6H3;1H4. The minimum atomic E-state index is -0.144. The monoisotopic (exact) mass is 248 g/mol. The second kappa shape index (κ2) is 7.60. The number of hydrogen-bond acceptors (Lipinski definition) is 2. The molecule has 0 bridgehead atoms. The number of rotatable bonds is 5. The summed E-state index contributed by atoms with van der Waals surface area (Å²) in [5.74, 6) is 2.04. The van der Waals surface area contributed by atoms with E-state index in [4.69, 9.17) is 0 Å². The average Bonchev–Trinajstić information content (AvgIpc) is 1.92.